The first-order valence-electron chi connectivity index (χ1n) is 5.87. The number of hydrogen-bond acceptors (Lipinski definition) is 3. The molecule has 0 aromatic heterocycles. The summed E-state index contributed by atoms with van der Waals surface area (Å²) < 4.78 is 27.6. The predicted octanol–water partition coefficient (Wildman–Crippen LogP) is 2.29. The van der Waals surface area contributed by atoms with Crippen molar-refractivity contribution in [3.63, 3.8) is 0 Å². The maximum Gasteiger partial charge on any atom is 0.335 e. The average molecular weight is 348 g/mol. The lowest BCUT2D eigenvalue weighted by atomic mass is 9.94. The minimum Gasteiger partial charge on any atom is -0.478 e. The largest absolute Gasteiger partial charge is 0.478 e. The first-order valence-corrected chi connectivity index (χ1v) is 8.14. The summed E-state index contributed by atoms with van der Waals surface area (Å²) >= 11 is 3.20. The molecule has 0 saturated heterocycles. The van der Waals surface area contributed by atoms with Gasteiger partial charge in [0, 0.05) is 10.5 Å². The van der Waals surface area contributed by atoms with Gasteiger partial charge in [0.05, 0.1) is 10.5 Å². The van der Waals surface area contributed by atoms with Gasteiger partial charge in [-0.25, -0.2) is 17.9 Å². The summed E-state index contributed by atoms with van der Waals surface area (Å²) in [6.45, 7) is 1.64. The normalized spacial score (nSPS) is 16.1. The Bertz CT molecular complexity index is 623. The van der Waals surface area contributed by atoms with Crippen LogP contribution in [-0.2, 0) is 10.0 Å². The van der Waals surface area contributed by atoms with Crippen LogP contribution in [0.15, 0.2) is 21.5 Å². The van der Waals surface area contributed by atoms with E-state index < -0.39 is 16.0 Å². The maximum atomic E-state index is 12.3. The third-order valence-corrected chi connectivity index (χ3v) is 5.73. The summed E-state index contributed by atoms with van der Waals surface area (Å²) in [5.41, 5.74) is 0.461. The first kappa shape index (κ1) is 14.5. The summed E-state index contributed by atoms with van der Waals surface area (Å²) in [6, 6.07) is 2.57. The van der Waals surface area contributed by atoms with Gasteiger partial charge in [-0.15, -0.1) is 0 Å². The maximum absolute atomic E-state index is 12.3. The molecule has 1 saturated carbocycles. The van der Waals surface area contributed by atoms with Gasteiger partial charge < -0.3 is 5.11 Å². The number of carboxylic acid groups (broad SMARTS) is 1. The fourth-order valence-corrected chi connectivity index (χ4v) is 4.05. The van der Waals surface area contributed by atoms with Crippen LogP contribution >= 0.6 is 15.9 Å². The zero-order valence-electron chi connectivity index (χ0n) is 10.3. The number of sulfonamides is 1. The lowest BCUT2D eigenvalue weighted by Crippen LogP contribution is -2.39. The Kier molecular flexibility index (Phi) is 3.98. The van der Waals surface area contributed by atoms with Crippen molar-refractivity contribution in [2.24, 2.45) is 0 Å². The molecule has 1 fully saturated rings. The van der Waals surface area contributed by atoms with E-state index in [2.05, 4.69) is 20.7 Å². The Hall–Kier alpha value is -0.920. The molecule has 1 aliphatic carbocycles. The van der Waals surface area contributed by atoms with Crippen molar-refractivity contribution < 1.29 is 18.3 Å². The lowest BCUT2D eigenvalue weighted by molar-refractivity contribution is 0.0696. The summed E-state index contributed by atoms with van der Waals surface area (Å²) in [5.74, 6) is -1.15. The number of halogens is 1. The fourth-order valence-electron chi connectivity index (χ4n) is 1.87. The highest BCUT2D eigenvalue weighted by Gasteiger charge is 2.27. The quantitative estimate of drug-likeness (QED) is 0.875. The molecule has 2 N–H and O–H groups in total. The lowest BCUT2D eigenvalue weighted by Gasteiger charge is -2.26. The van der Waals surface area contributed by atoms with Crippen LogP contribution in [0.5, 0.6) is 0 Å². The second kappa shape index (κ2) is 5.22. The molecule has 0 heterocycles. The van der Waals surface area contributed by atoms with Crippen LogP contribution in [0.1, 0.15) is 35.2 Å². The minimum absolute atomic E-state index is 0.0196. The second-order valence-electron chi connectivity index (χ2n) is 4.64. The molecule has 0 bridgehead atoms. The fraction of sp³-hybridized carbons (Fsp3) is 0.417. The molecule has 104 valence electrons. The number of carboxylic acids is 1. The van der Waals surface area contributed by atoms with E-state index in [1.54, 1.807) is 6.92 Å². The monoisotopic (exact) mass is 347 g/mol. The van der Waals surface area contributed by atoms with E-state index in [1.807, 2.05) is 0 Å². The number of nitrogens with one attached hydrogen (secondary N) is 1. The molecular formula is C12H14BrNO4S. The van der Waals surface area contributed by atoms with E-state index in [4.69, 9.17) is 5.11 Å². The molecule has 19 heavy (non-hydrogen) atoms. The van der Waals surface area contributed by atoms with Crippen molar-refractivity contribution in [3.8, 4) is 0 Å². The molecule has 0 atom stereocenters. The zero-order valence-corrected chi connectivity index (χ0v) is 12.7. The molecule has 0 radical (unpaired) electrons. The van der Waals surface area contributed by atoms with Crippen molar-refractivity contribution in [3.05, 3.63) is 27.7 Å². The van der Waals surface area contributed by atoms with Crippen LogP contribution in [0.25, 0.3) is 0 Å². The van der Waals surface area contributed by atoms with Gasteiger partial charge in [-0.05, 0) is 37.5 Å². The molecule has 5 nitrogen and oxygen atoms in total. The molecule has 7 heteroatoms. The molecule has 0 amide bonds. The van der Waals surface area contributed by atoms with Crippen LogP contribution in [0.4, 0.5) is 0 Å². The highest BCUT2D eigenvalue weighted by Crippen LogP contribution is 2.27. The number of carbonyl (C=O) groups is 1. The van der Waals surface area contributed by atoms with Gasteiger partial charge in [0.1, 0.15) is 0 Å². The molecule has 0 unspecified atom stereocenters. The van der Waals surface area contributed by atoms with Gasteiger partial charge in [-0.3, -0.25) is 0 Å². The van der Waals surface area contributed by atoms with Crippen LogP contribution in [0, 0.1) is 6.92 Å². The van der Waals surface area contributed by atoms with Crippen molar-refractivity contribution in [2.45, 2.75) is 37.1 Å². The van der Waals surface area contributed by atoms with Gasteiger partial charge in [0.15, 0.2) is 0 Å². The third kappa shape index (κ3) is 2.98. The van der Waals surface area contributed by atoms with Crippen LogP contribution in [0.2, 0.25) is 0 Å². The van der Waals surface area contributed by atoms with E-state index in [0.717, 1.165) is 19.3 Å². The molecule has 1 aliphatic rings. The Morgan fingerprint density at radius 2 is 2.05 bits per heavy atom. The third-order valence-electron chi connectivity index (χ3n) is 3.26. The van der Waals surface area contributed by atoms with Crippen molar-refractivity contribution in [1.29, 1.82) is 0 Å². The second-order valence-corrected chi connectivity index (χ2v) is 7.17. The Labute approximate surface area is 120 Å². The van der Waals surface area contributed by atoms with E-state index in [0.29, 0.717) is 10.0 Å². The van der Waals surface area contributed by atoms with Gasteiger partial charge in [-0.1, -0.05) is 22.4 Å². The number of hydrogen-bond donors (Lipinski definition) is 2. The molecule has 1 aromatic rings. The van der Waals surface area contributed by atoms with Crippen LogP contribution < -0.4 is 4.72 Å². The van der Waals surface area contributed by atoms with Crippen molar-refractivity contribution in [2.75, 3.05) is 0 Å². The van der Waals surface area contributed by atoms with E-state index in [9.17, 15) is 13.2 Å². The average Bonchev–Trinajstić information content (AvgIpc) is 2.27. The molecule has 1 aromatic carbocycles. The van der Waals surface area contributed by atoms with Gasteiger partial charge >= 0.3 is 5.97 Å². The van der Waals surface area contributed by atoms with Gasteiger partial charge in [0.2, 0.25) is 10.0 Å². The molecular weight excluding hydrogens is 334 g/mol. The highest BCUT2D eigenvalue weighted by molar-refractivity contribution is 9.10. The van der Waals surface area contributed by atoms with Crippen LogP contribution in [0.3, 0.4) is 0 Å². The van der Waals surface area contributed by atoms with E-state index >= 15 is 0 Å². The molecule has 0 spiro atoms. The molecule has 0 aliphatic heterocycles. The number of benzene rings is 1. The SMILES string of the molecule is Cc1c(Br)cc(C(=O)O)cc1S(=O)(=O)NC1CCC1. The Morgan fingerprint density at radius 3 is 2.53 bits per heavy atom. The first-order chi connectivity index (χ1) is 8.81. The summed E-state index contributed by atoms with van der Waals surface area (Å²) in [5, 5.41) is 8.99. The van der Waals surface area contributed by atoms with E-state index in [1.165, 1.54) is 12.1 Å². The van der Waals surface area contributed by atoms with E-state index in [-0.39, 0.29) is 16.5 Å². The molecule has 2 rings (SSSR count). The minimum atomic E-state index is -3.67. The highest BCUT2D eigenvalue weighted by atomic mass is 79.9. The number of rotatable bonds is 4. The predicted molar refractivity (Wildman–Crippen MR) is 73.8 cm³/mol. The van der Waals surface area contributed by atoms with Crippen LogP contribution in [-0.4, -0.2) is 25.5 Å². The van der Waals surface area contributed by atoms with Crippen molar-refractivity contribution >= 4 is 31.9 Å². The Balaban J connectivity index is 2.44. The summed E-state index contributed by atoms with van der Waals surface area (Å²) in [7, 11) is -3.67. The summed E-state index contributed by atoms with van der Waals surface area (Å²) in [4.78, 5) is 11.0. The number of aromatic carboxylic acids is 1. The van der Waals surface area contributed by atoms with Gasteiger partial charge in [-0.2, -0.15) is 0 Å². The summed E-state index contributed by atoms with van der Waals surface area (Å²) in [6.07, 6.45) is 2.68. The standard InChI is InChI=1S/C12H14BrNO4S/c1-7-10(13)5-8(12(15)16)6-11(7)19(17,18)14-9-3-2-4-9/h5-6,9,14H,2-4H2,1H3,(H,15,16). The van der Waals surface area contributed by atoms with Gasteiger partial charge in [0.25, 0.3) is 0 Å². The topological polar surface area (TPSA) is 83.5 Å². The van der Waals surface area contributed by atoms with Crippen molar-refractivity contribution in [1.82, 2.24) is 4.72 Å². The Morgan fingerprint density at radius 1 is 1.42 bits per heavy atom. The zero-order chi connectivity index (χ0) is 14.2. The smallest absolute Gasteiger partial charge is 0.335 e.